The average molecular weight is 414 g/mol. The Hall–Kier alpha value is -3.19. The van der Waals surface area contributed by atoms with Crippen LogP contribution in [0.25, 0.3) is 11.2 Å². The van der Waals surface area contributed by atoms with Gasteiger partial charge in [0.2, 0.25) is 5.91 Å². The van der Waals surface area contributed by atoms with E-state index in [1.54, 1.807) is 18.5 Å². The molecule has 1 aliphatic heterocycles. The number of imidazole rings is 1. The average Bonchev–Trinajstić information content (AvgIpc) is 3.29. The van der Waals surface area contributed by atoms with Gasteiger partial charge in [-0.05, 0) is 18.1 Å². The Morgan fingerprint density at radius 1 is 1.30 bits per heavy atom. The number of nitrogens with two attached hydrogens (primary N) is 2. The van der Waals surface area contributed by atoms with E-state index >= 15 is 0 Å². The van der Waals surface area contributed by atoms with E-state index in [4.69, 9.17) is 16.2 Å². The van der Waals surface area contributed by atoms with Gasteiger partial charge in [-0.3, -0.25) is 14.3 Å². The molecule has 3 aromatic heterocycles. The maximum atomic E-state index is 12.3. The summed E-state index contributed by atoms with van der Waals surface area (Å²) in [5.41, 5.74) is 13.3. The highest BCUT2D eigenvalue weighted by molar-refractivity contribution is 5.82. The third-order valence-electron chi connectivity index (χ3n) is 4.99. The molecule has 0 radical (unpaired) electrons. The third-order valence-corrected chi connectivity index (χ3v) is 4.99. The Labute approximate surface area is 170 Å². The normalized spacial score (nSPS) is 24.8. The lowest BCUT2D eigenvalue weighted by Crippen LogP contribution is -2.46. The molecule has 30 heavy (non-hydrogen) atoms. The van der Waals surface area contributed by atoms with E-state index < -0.39 is 36.5 Å². The highest BCUT2D eigenvalue weighted by atomic mass is 16.6. The largest absolute Gasteiger partial charge is 0.387 e. The van der Waals surface area contributed by atoms with Crippen molar-refractivity contribution >= 4 is 22.9 Å². The lowest BCUT2D eigenvalue weighted by Gasteiger charge is -2.17. The lowest BCUT2D eigenvalue weighted by atomic mass is 10.1. The van der Waals surface area contributed by atoms with E-state index in [9.17, 15) is 15.0 Å². The number of carbonyl (C=O) groups is 1. The topological polar surface area (TPSA) is 187 Å². The van der Waals surface area contributed by atoms with Crippen molar-refractivity contribution in [1.82, 2.24) is 29.8 Å². The first-order valence-corrected chi connectivity index (χ1v) is 9.32. The maximum absolute atomic E-state index is 12.3. The number of nitrogens with one attached hydrogen (secondary N) is 1. The van der Waals surface area contributed by atoms with Crippen molar-refractivity contribution in [2.75, 3.05) is 12.3 Å². The van der Waals surface area contributed by atoms with Crippen molar-refractivity contribution in [1.29, 1.82) is 0 Å². The van der Waals surface area contributed by atoms with E-state index in [0.29, 0.717) is 17.6 Å². The van der Waals surface area contributed by atoms with Gasteiger partial charge in [0, 0.05) is 18.9 Å². The van der Waals surface area contributed by atoms with Crippen LogP contribution in [0.4, 0.5) is 5.82 Å². The van der Waals surface area contributed by atoms with Crippen LogP contribution >= 0.6 is 0 Å². The van der Waals surface area contributed by atoms with Gasteiger partial charge >= 0.3 is 0 Å². The molecule has 1 saturated heterocycles. The number of amides is 1. The molecule has 0 bridgehead atoms. The lowest BCUT2D eigenvalue weighted by molar-refractivity contribution is -0.123. The standard InChI is InChI=1S/C18H22N8O4/c19-10(4-9-2-1-3-21-5-9)17(29)22-6-11-13(27)14(28)18(30-11)26-8-25-12-15(20)23-7-24-16(12)26/h1-3,5,7-8,10-11,13-14,18,27-28H,4,6,19H2,(H,22,29)(H2,20,23,24)/t10-,11-,13-,14-,18-/m1/s1. The molecule has 1 amide bonds. The Bertz CT molecular complexity index is 1030. The highest BCUT2D eigenvalue weighted by Crippen LogP contribution is 2.31. The van der Waals surface area contributed by atoms with Gasteiger partial charge in [0.1, 0.15) is 30.2 Å². The van der Waals surface area contributed by atoms with Gasteiger partial charge in [-0.2, -0.15) is 0 Å². The molecule has 0 unspecified atom stereocenters. The van der Waals surface area contributed by atoms with Crippen LogP contribution < -0.4 is 16.8 Å². The summed E-state index contributed by atoms with van der Waals surface area (Å²) >= 11 is 0. The van der Waals surface area contributed by atoms with Crippen LogP contribution in [0.3, 0.4) is 0 Å². The minimum Gasteiger partial charge on any atom is -0.387 e. The van der Waals surface area contributed by atoms with Crippen molar-refractivity contribution in [2.24, 2.45) is 5.73 Å². The third kappa shape index (κ3) is 3.80. The molecule has 5 atom stereocenters. The molecule has 3 aromatic rings. The summed E-state index contributed by atoms with van der Waals surface area (Å²) in [5, 5.41) is 23.5. The van der Waals surface area contributed by atoms with Crippen molar-refractivity contribution in [3.63, 3.8) is 0 Å². The maximum Gasteiger partial charge on any atom is 0.237 e. The predicted molar refractivity (Wildman–Crippen MR) is 105 cm³/mol. The number of hydrogen-bond donors (Lipinski definition) is 5. The minimum atomic E-state index is -1.26. The SMILES string of the molecule is Nc1ncnc2c1ncn2[C@@H]1O[C@H](CNC(=O)[C@H](N)Cc2cccnc2)[C@@H](O)[C@H]1O. The van der Waals surface area contributed by atoms with Crippen LogP contribution in [0.5, 0.6) is 0 Å². The first kappa shape index (κ1) is 20.1. The van der Waals surface area contributed by atoms with Crippen molar-refractivity contribution in [3.8, 4) is 0 Å². The molecule has 1 fully saturated rings. The molecule has 1 aliphatic rings. The summed E-state index contributed by atoms with van der Waals surface area (Å²) in [7, 11) is 0. The second-order valence-corrected chi connectivity index (χ2v) is 7.05. The van der Waals surface area contributed by atoms with Crippen LogP contribution in [0.2, 0.25) is 0 Å². The van der Waals surface area contributed by atoms with Crippen molar-refractivity contribution < 1.29 is 19.7 Å². The number of carbonyl (C=O) groups excluding carboxylic acids is 1. The minimum absolute atomic E-state index is 0.0297. The zero-order valence-corrected chi connectivity index (χ0v) is 15.9. The van der Waals surface area contributed by atoms with Gasteiger partial charge < -0.3 is 31.7 Å². The number of fused-ring (bicyclic) bond motifs is 1. The number of nitrogens with zero attached hydrogens (tertiary/aromatic N) is 5. The van der Waals surface area contributed by atoms with E-state index in [2.05, 4.69) is 25.3 Å². The van der Waals surface area contributed by atoms with Crippen molar-refractivity contribution in [3.05, 3.63) is 42.7 Å². The molecular weight excluding hydrogens is 392 g/mol. The second kappa shape index (κ2) is 8.28. The predicted octanol–water partition coefficient (Wildman–Crippen LogP) is -1.89. The van der Waals surface area contributed by atoms with Crippen LogP contribution in [0.1, 0.15) is 11.8 Å². The molecule has 158 valence electrons. The molecule has 12 nitrogen and oxygen atoms in total. The second-order valence-electron chi connectivity index (χ2n) is 7.05. The first-order chi connectivity index (χ1) is 14.5. The van der Waals surface area contributed by atoms with Crippen LogP contribution in [-0.2, 0) is 16.0 Å². The fourth-order valence-electron chi connectivity index (χ4n) is 3.38. The molecule has 0 aliphatic carbocycles. The molecule has 12 heteroatoms. The van der Waals surface area contributed by atoms with Gasteiger partial charge in [0.05, 0.1) is 12.4 Å². The van der Waals surface area contributed by atoms with Crippen LogP contribution in [0.15, 0.2) is 37.2 Å². The fraction of sp³-hybridized carbons (Fsp3) is 0.389. The summed E-state index contributed by atoms with van der Waals surface area (Å²) in [6.45, 7) is -0.0297. The molecule has 4 rings (SSSR count). The number of aliphatic hydroxyl groups is 2. The summed E-state index contributed by atoms with van der Waals surface area (Å²) in [4.78, 5) is 28.4. The number of nitrogen functional groups attached to an aromatic ring is 1. The Balaban J connectivity index is 1.39. The number of ether oxygens (including phenoxy) is 1. The molecule has 0 spiro atoms. The Morgan fingerprint density at radius 2 is 2.13 bits per heavy atom. The van der Waals surface area contributed by atoms with E-state index in [-0.39, 0.29) is 12.4 Å². The molecule has 0 aromatic carbocycles. The highest BCUT2D eigenvalue weighted by Gasteiger charge is 2.44. The zero-order valence-electron chi connectivity index (χ0n) is 15.9. The van der Waals surface area contributed by atoms with Crippen LogP contribution in [-0.4, -0.2) is 71.5 Å². The van der Waals surface area contributed by atoms with E-state index in [1.165, 1.54) is 17.2 Å². The number of hydrogen-bond acceptors (Lipinski definition) is 10. The van der Waals surface area contributed by atoms with Gasteiger partial charge in [-0.25, -0.2) is 15.0 Å². The summed E-state index contributed by atoms with van der Waals surface area (Å²) in [5.74, 6) is -0.209. The number of pyridine rings is 1. The Morgan fingerprint density at radius 3 is 2.90 bits per heavy atom. The summed E-state index contributed by atoms with van der Waals surface area (Å²) in [6, 6.07) is 2.81. The number of anilines is 1. The quantitative estimate of drug-likeness (QED) is 0.305. The molecule has 0 saturated carbocycles. The Kier molecular flexibility index (Phi) is 5.55. The van der Waals surface area contributed by atoms with E-state index in [1.807, 2.05) is 6.07 Å². The van der Waals surface area contributed by atoms with Gasteiger partial charge in [-0.15, -0.1) is 0 Å². The number of aliphatic hydroxyl groups excluding tert-OH is 2. The first-order valence-electron chi connectivity index (χ1n) is 9.32. The molecular formula is C18H22N8O4. The van der Waals surface area contributed by atoms with Gasteiger partial charge in [-0.1, -0.05) is 6.07 Å². The molecule has 4 heterocycles. The molecule has 7 N–H and O–H groups in total. The fourth-order valence-corrected chi connectivity index (χ4v) is 3.38. The summed E-state index contributed by atoms with van der Waals surface area (Å²) in [6.07, 6.45) is 1.98. The van der Waals surface area contributed by atoms with Crippen LogP contribution in [0, 0.1) is 0 Å². The smallest absolute Gasteiger partial charge is 0.237 e. The van der Waals surface area contributed by atoms with Crippen molar-refractivity contribution in [2.45, 2.75) is 37.0 Å². The van der Waals surface area contributed by atoms with Gasteiger partial charge in [0.15, 0.2) is 17.7 Å². The number of rotatable bonds is 6. The summed E-state index contributed by atoms with van der Waals surface area (Å²) < 4.78 is 7.25. The van der Waals surface area contributed by atoms with Gasteiger partial charge in [0.25, 0.3) is 0 Å². The van der Waals surface area contributed by atoms with E-state index in [0.717, 1.165) is 5.56 Å². The monoisotopic (exact) mass is 414 g/mol. The zero-order chi connectivity index (χ0) is 21.3. The number of aromatic nitrogens is 5.